The van der Waals surface area contributed by atoms with Gasteiger partial charge in [-0.15, -0.1) is 0 Å². The fourth-order valence-electron chi connectivity index (χ4n) is 4.54. The van der Waals surface area contributed by atoms with E-state index in [2.05, 4.69) is 5.10 Å². The van der Waals surface area contributed by atoms with Gasteiger partial charge in [0.15, 0.2) is 5.69 Å². The molecule has 1 amide bonds. The molecule has 4 aromatic rings. The van der Waals surface area contributed by atoms with Crippen LogP contribution in [-0.2, 0) is 13.7 Å². The average molecular weight is 532 g/mol. The van der Waals surface area contributed by atoms with E-state index in [9.17, 15) is 4.79 Å². The van der Waals surface area contributed by atoms with Crippen molar-refractivity contribution in [2.75, 3.05) is 28.4 Å². The smallest absolute Gasteiger partial charge is 0.274 e. The Morgan fingerprint density at radius 2 is 1.67 bits per heavy atom. The van der Waals surface area contributed by atoms with Crippen LogP contribution in [0.2, 0.25) is 0 Å². The lowest BCUT2D eigenvalue weighted by atomic mass is 9.97. The fraction of sp³-hybridized carbons (Fsp3) is 0.345. The molecule has 0 fully saturated rings. The van der Waals surface area contributed by atoms with E-state index in [0.29, 0.717) is 39.9 Å². The van der Waals surface area contributed by atoms with Crippen molar-refractivity contribution in [3.05, 3.63) is 53.9 Å². The Morgan fingerprint density at radius 3 is 2.23 bits per heavy atom. The molecule has 10 nitrogen and oxygen atoms in total. The fourth-order valence-corrected chi connectivity index (χ4v) is 4.54. The molecule has 0 aliphatic carbocycles. The minimum Gasteiger partial charge on any atom is -0.497 e. The number of benzene rings is 2. The van der Waals surface area contributed by atoms with Crippen molar-refractivity contribution >= 4 is 5.91 Å². The highest BCUT2D eigenvalue weighted by atomic mass is 16.5. The highest BCUT2D eigenvalue weighted by Gasteiger charge is 2.35. The molecular weight excluding hydrogens is 498 g/mol. The number of methoxy groups -OCH3 is 3. The summed E-state index contributed by atoms with van der Waals surface area (Å²) in [6.07, 6.45) is 1.88. The highest BCUT2D eigenvalue weighted by Crippen LogP contribution is 2.46. The molecule has 0 radical (unpaired) electrons. The van der Waals surface area contributed by atoms with Crippen molar-refractivity contribution in [3.8, 4) is 51.2 Å². The molecule has 0 saturated carbocycles. The molecule has 39 heavy (non-hydrogen) atoms. The number of rotatable bonds is 6. The van der Waals surface area contributed by atoms with Gasteiger partial charge in [0.1, 0.15) is 29.6 Å². The Labute approximate surface area is 227 Å². The van der Waals surface area contributed by atoms with E-state index in [-0.39, 0.29) is 12.5 Å². The molecule has 0 saturated heterocycles. The van der Waals surface area contributed by atoms with Crippen LogP contribution in [0.1, 0.15) is 36.8 Å². The standard InChI is InChI=1S/C29H33N5O5/c1-29(2,3)33(5)28(35)26-22-16-39-25-15-24(38-8)20(23-9-10-32(4)30-23)14-21(25)27(22)34(31-26)17-11-18(36-6)13-19(12-17)37-7/h9-15H,16H2,1-8H3. The summed E-state index contributed by atoms with van der Waals surface area (Å²) in [7, 11) is 8.46. The predicted molar refractivity (Wildman–Crippen MR) is 147 cm³/mol. The summed E-state index contributed by atoms with van der Waals surface area (Å²) in [4.78, 5) is 15.5. The number of aromatic nitrogens is 4. The maximum absolute atomic E-state index is 13.8. The summed E-state index contributed by atoms with van der Waals surface area (Å²) in [5, 5.41) is 9.46. The molecule has 0 spiro atoms. The highest BCUT2D eigenvalue weighted by molar-refractivity contribution is 5.97. The minimum absolute atomic E-state index is 0.175. The number of hydrogen-bond acceptors (Lipinski definition) is 7. The van der Waals surface area contributed by atoms with E-state index < -0.39 is 5.54 Å². The number of carbonyl (C=O) groups is 1. The Bertz CT molecular complexity index is 1540. The van der Waals surface area contributed by atoms with Crippen LogP contribution in [0.15, 0.2) is 42.6 Å². The summed E-state index contributed by atoms with van der Waals surface area (Å²) in [5.41, 5.74) is 4.36. The number of nitrogens with zero attached hydrogens (tertiary/aromatic N) is 5. The third kappa shape index (κ3) is 4.56. The monoisotopic (exact) mass is 531 g/mol. The first-order valence-electron chi connectivity index (χ1n) is 12.5. The van der Waals surface area contributed by atoms with E-state index >= 15 is 0 Å². The Balaban J connectivity index is 1.80. The minimum atomic E-state index is -0.403. The second-order valence-electron chi connectivity index (χ2n) is 10.4. The lowest BCUT2D eigenvalue weighted by Gasteiger charge is -2.31. The molecule has 0 bridgehead atoms. The maximum atomic E-state index is 13.8. The first-order chi connectivity index (χ1) is 18.5. The Morgan fingerprint density at radius 1 is 0.974 bits per heavy atom. The number of aryl methyl sites for hydroxylation is 1. The van der Waals surface area contributed by atoms with Gasteiger partial charge in [-0.05, 0) is 32.9 Å². The van der Waals surface area contributed by atoms with Gasteiger partial charge in [0.2, 0.25) is 0 Å². The molecule has 1 aliphatic heterocycles. The summed E-state index contributed by atoms with van der Waals surface area (Å²) in [5.74, 6) is 2.26. The van der Waals surface area contributed by atoms with Gasteiger partial charge in [-0.2, -0.15) is 10.2 Å². The van der Waals surface area contributed by atoms with Gasteiger partial charge in [-0.3, -0.25) is 9.48 Å². The number of amides is 1. The molecular formula is C29H33N5O5. The van der Waals surface area contributed by atoms with Crippen LogP contribution in [-0.4, -0.2) is 64.3 Å². The molecule has 10 heteroatoms. The molecule has 2 aromatic heterocycles. The summed E-state index contributed by atoms with van der Waals surface area (Å²) in [6, 6.07) is 11.3. The normalized spacial score (nSPS) is 12.3. The quantitative estimate of drug-likeness (QED) is 0.355. The van der Waals surface area contributed by atoms with Crippen molar-refractivity contribution in [2.45, 2.75) is 32.9 Å². The van der Waals surface area contributed by atoms with Crippen LogP contribution in [0.5, 0.6) is 23.0 Å². The van der Waals surface area contributed by atoms with Gasteiger partial charge in [0, 0.05) is 66.8 Å². The molecule has 0 unspecified atom stereocenters. The van der Waals surface area contributed by atoms with Gasteiger partial charge >= 0.3 is 0 Å². The van der Waals surface area contributed by atoms with E-state index in [1.165, 1.54) is 0 Å². The van der Waals surface area contributed by atoms with E-state index in [4.69, 9.17) is 24.0 Å². The SMILES string of the molecule is COc1cc(OC)cc(-n2nc(C(=O)N(C)C(C)(C)C)c3c2-c2cc(-c4ccn(C)n4)c(OC)cc2OC3)c1. The van der Waals surface area contributed by atoms with E-state index in [1.54, 1.807) is 48.7 Å². The third-order valence-electron chi connectivity index (χ3n) is 7.00. The van der Waals surface area contributed by atoms with Crippen LogP contribution in [0, 0.1) is 0 Å². The van der Waals surface area contributed by atoms with Gasteiger partial charge < -0.3 is 23.8 Å². The zero-order valence-corrected chi connectivity index (χ0v) is 23.5. The lowest BCUT2D eigenvalue weighted by molar-refractivity contribution is 0.0646. The van der Waals surface area contributed by atoms with Crippen molar-refractivity contribution in [2.24, 2.45) is 7.05 Å². The van der Waals surface area contributed by atoms with E-state index in [0.717, 1.165) is 22.5 Å². The maximum Gasteiger partial charge on any atom is 0.274 e. The second-order valence-corrected chi connectivity index (χ2v) is 10.4. The first-order valence-corrected chi connectivity index (χ1v) is 12.5. The van der Waals surface area contributed by atoms with Gasteiger partial charge in [0.05, 0.1) is 38.4 Å². The van der Waals surface area contributed by atoms with Crippen molar-refractivity contribution < 1.29 is 23.7 Å². The Kier molecular flexibility index (Phi) is 6.49. The van der Waals surface area contributed by atoms with Crippen LogP contribution in [0.3, 0.4) is 0 Å². The zero-order chi connectivity index (χ0) is 28.1. The van der Waals surface area contributed by atoms with Crippen molar-refractivity contribution in [1.29, 1.82) is 0 Å². The Hall–Kier alpha value is -4.47. The third-order valence-corrected chi connectivity index (χ3v) is 7.00. The predicted octanol–water partition coefficient (Wildman–Crippen LogP) is 4.73. The van der Waals surface area contributed by atoms with Crippen LogP contribution in [0.25, 0.3) is 28.2 Å². The zero-order valence-electron chi connectivity index (χ0n) is 23.5. The van der Waals surface area contributed by atoms with Crippen LogP contribution >= 0.6 is 0 Å². The first kappa shape index (κ1) is 26.1. The molecule has 2 aromatic carbocycles. The van der Waals surface area contributed by atoms with Gasteiger partial charge in [0.25, 0.3) is 5.91 Å². The molecule has 0 atom stereocenters. The van der Waals surface area contributed by atoms with Crippen molar-refractivity contribution in [3.63, 3.8) is 0 Å². The summed E-state index contributed by atoms with van der Waals surface area (Å²) in [6.45, 7) is 6.13. The molecule has 3 heterocycles. The molecule has 204 valence electrons. The number of hydrogen-bond donors (Lipinski definition) is 0. The number of fused-ring (bicyclic) bond motifs is 3. The van der Waals surface area contributed by atoms with Gasteiger partial charge in [-0.25, -0.2) is 4.68 Å². The summed E-state index contributed by atoms with van der Waals surface area (Å²) < 4.78 is 26.5. The topological polar surface area (TPSA) is 92.9 Å². The van der Waals surface area contributed by atoms with E-state index in [1.807, 2.05) is 64.3 Å². The molecule has 1 aliphatic rings. The second kappa shape index (κ2) is 9.68. The number of carbonyl (C=O) groups excluding carboxylic acids is 1. The average Bonchev–Trinajstić information content (AvgIpc) is 3.54. The lowest BCUT2D eigenvalue weighted by Crippen LogP contribution is -2.43. The summed E-state index contributed by atoms with van der Waals surface area (Å²) >= 11 is 0. The molecule has 5 rings (SSSR count). The van der Waals surface area contributed by atoms with Crippen molar-refractivity contribution in [1.82, 2.24) is 24.5 Å². The van der Waals surface area contributed by atoms with Crippen LogP contribution < -0.4 is 18.9 Å². The van der Waals surface area contributed by atoms with Gasteiger partial charge in [-0.1, -0.05) is 0 Å². The number of ether oxygens (including phenoxy) is 4. The largest absolute Gasteiger partial charge is 0.497 e. The van der Waals surface area contributed by atoms with Crippen LogP contribution in [0.4, 0.5) is 0 Å². The molecule has 0 N–H and O–H groups in total.